The van der Waals surface area contributed by atoms with Crippen LogP contribution in [0.1, 0.15) is 78.6 Å². The highest BCUT2D eigenvalue weighted by molar-refractivity contribution is 7.91. The molecule has 4 atom stereocenters. The van der Waals surface area contributed by atoms with Crippen molar-refractivity contribution in [2.24, 2.45) is 11.3 Å². The molecule has 43 heavy (non-hydrogen) atoms. The number of carbonyl (C=O) groups excluding carboxylic acids is 4. The van der Waals surface area contributed by atoms with E-state index >= 15 is 0 Å². The Morgan fingerprint density at radius 1 is 1.07 bits per heavy atom. The summed E-state index contributed by atoms with van der Waals surface area (Å²) in [6.45, 7) is 5.56. The van der Waals surface area contributed by atoms with Crippen LogP contribution in [-0.2, 0) is 29.3 Å². The number of fused-ring (bicyclic) bond motifs is 2. The number of alkyl carbamates (subject to hydrolysis) is 1. The van der Waals surface area contributed by atoms with Crippen LogP contribution < -0.4 is 14.8 Å². The van der Waals surface area contributed by atoms with Crippen molar-refractivity contribution in [2.75, 3.05) is 11.3 Å². The molecule has 3 amide bonds. The Balaban J connectivity index is 1.54. The van der Waals surface area contributed by atoms with Gasteiger partial charge >= 0.3 is 16.3 Å². The van der Waals surface area contributed by atoms with E-state index in [1.165, 1.54) is 17.0 Å². The van der Waals surface area contributed by atoms with Crippen molar-refractivity contribution in [3.63, 3.8) is 0 Å². The molecule has 1 saturated heterocycles. The largest absolute Gasteiger partial charge is 0.444 e. The minimum Gasteiger partial charge on any atom is -0.444 e. The summed E-state index contributed by atoms with van der Waals surface area (Å²) in [4.78, 5) is 55.1. The van der Waals surface area contributed by atoms with Gasteiger partial charge < -0.3 is 15.0 Å². The monoisotopic (exact) mass is 636 g/mol. The van der Waals surface area contributed by atoms with E-state index in [2.05, 4.69) is 14.8 Å². The molecule has 4 rings (SSSR count). The van der Waals surface area contributed by atoms with E-state index in [4.69, 9.17) is 16.3 Å². The zero-order valence-corrected chi connectivity index (χ0v) is 26.4. The molecule has 0 spiro atoms. The van der Waals surface area contributed by atoms with Gasteiger partial charge in [0.05, 0.1) is 22.2 Å². The lowest BCUT2D eigenvalue weighted by Gasteiger charge is -2.30. The van der Waals surface area contributed by atoms with Crippen LogP contribution in [0.5, 0.6) is 0 Å². The second-order valence-corrected chi connectivity index (χ2v) is 14.4. The molecule has 11 nitrogen and oxygen atoms in total. The van der Waals surface area contributed by atoms with Crippen molar-refractivity contribution in [3.05, 3.63) is 41.4 Å². The molecule has 3 N–H and O–H groups in total. The third kappa shape index (κ3) is 8.50. The number of ether oxygens (including phenoxy) is 1. The highest BCUT2D eigenvalue weighted by atomic mass is 35.5. The summed E-state index contributed by atoms with van der Waals surface area (Å²) in [6, 6.07) is 4.62. The van der Waals surface area contributed by atoms with E-state index in [9.17, 15) is 27.6 Å². The van der Waals surface area contributed by atoms with Gasteiger partial charge in [-0.25, -0.2) is 9.52 Å². The molecule has 1 saturated carbocycles. The van der Waals surface area contributed by atoms with Gasteiger partial charge in [0.15, 0.2) is 5.78 Å². The molecular formula is C30H41ClN4O7S. The van der Waals surface area contributed by atoms with Gasteiger partial charge in [-0.1, -0.05) is 48.7 Å². The summed E-state index contributed by atoms with van der Waals surface area (Å²) in [7, 11) is -4.34. The fraction of sp³-hybridized carbons (Fsp3) is 0.600. The van der Waals surface area contributed by atoms with Gasteiger partial charge in [-0.05, 0) is 77.3 Å². The number of carbonyl (C=O) groups is 4. The molecule has 1 aromatic rings. The Morgan fingerprint density at radius 2 is 1.81 bits per heavy atom. The number of para-hydroxylation sites is 1. The Morgan fingerprint density at radius 3 is 2.53 bits per heavy atom. The van der Waals surface area contributed by atoms with Gasteiger partial charge in [-0.15, -0.1) is 0 Å². The van der Waals surface area contributed by atoms with Gasteiger partial charge in [0.2, 0.25) is 11.8 Å². The van der Waals surface area contributed by atoms with Crippen LogP contribution in [0.4, 0.5) is 10.5 Å². The van der Waals surface area contributed by atoms with Crippen LogP contribution >= 0.6 is 11.6 Å². The minimum absolute atomic E-state index is 0.113. The first-order valence-electron chi connectivity index (χ1n) is 14.8. The number of rotatable bonds is 5. The molecule has 13 heteroatoms. The third-order valence-corrected chi connectivity index (χ3v) is 9.32. The number of benzene rings is 1. The number of nitrogens with zero attached hydrogens (tertiary/aromatic N) is 1. The van der Waals surface area contributed by atoms with Crippen molar-refractivity contribution >= 4 is 51.2 Å². The first-order valence-corrected chi connectivity index (χ1v) is 16.7. The number of nitrogens with one attached hydrogen (secondary N) is 3. The Labute approximate surface area is 258 Å². The van der Waals surface area contributed by atoms with E-state index in [-0.39, 0.29) is 34.7 Å². The third-order valence-electron chi connectivity index (χ3n) is 8.05. The minimum atomic E-state index is -4.34. The van der Waals surface area contributed by atoms with E-state index in [0.29, 0.717) is 38.6 Å². The fourth-order valence-electron chi connectivity index (χ4n) is 5.82. The Bertz CT molecular complexity index is 1380. The maximum Gasteiger partial charge on any atom is 0.408 e. The van der Waals surface area contributed by atoms with Crippen LogP contribution in [0, 0.1) is 11.3 Å². The highest BCUT2D eigenvalue weighted by Crippen LogP contribution is 2.57. The summed E-state index contributed by atoms with van der Waals surface area (Å²) in [5.74, 6) is -1.75. The Kier molecular flexibility index (Phi) is 10.1. The maximum absolute atomic E-state index is 13.8. The summed E-state index contributed by atoms with van der Waals surface area (Å²) in [5.41, 5.74) is -1.88. The van der Waals surface area contributed by atoms with Crippen LogP contribution in [0.3, 0.4) is 0 Å². The zero-order chi connectivity index (χ0) is 31.4. The van der Waals surface area contributed by atoms with Crippen molar-refractivity contribution < 1.29 is 32.3 Å². The number of ketones is 1. The summed E-state index contributed by atoms with van der Waals surface area (Å²) < 4.78 is 35.5. The number of allylic oxidation sites excluding steroid dienone is 2. The molecule has 1 aliphatic carbocycles. The van der Waals surface area contributed by atoms with Crippen LogP contribution in [0.25, 0.3) is 0 Å². The topological polar surface area (TPSA) is 151 Å². The number of halogens is 1. The quantitative estimate of drug-likeness (QED) is 0.403. The molecule has 2 heterocycles. The van der Waals surface area contributed by atoms with Gasteiger partial charge in [0.25, 0.3) is 0 Å². The summed E-state index contributed by atoms with van der Waals surface area (Å²) in [6.07, 6.45) is 7.75. The molecule has 2 fully saturated rings. The molecule has 0 bridgehead atoms. The average molecular weight is 637 g/mol. The van der Waals surface area contributed by atoms with Gasteiger partial charge in [-0.2, -0.15) is 8.42 Å². The molecule has 0 radical (unpaired) electrons. The predicted octanol–water partition coefficient (Wildman–Crippen LogP) is 4.48. The molecule has 2 aliphatic heterocycles. The second-order valence-electron chi connectivity index (χ2n) is 12.6. The zero-order valence-electron chi connectivity index (χ0n) is 24.9. The maximum atomic E-state index is 13.8. The van der Waals surface area contributed by atoms with Crippen molar-refractivity contribution in [2.45, 2.75) is 96.2 Å². The van der Waals surface area contributed by atoms with Crippen LogP contribution in [0.2, 0.25) is 5.02 Å². The predicted molar refractivity (Wildman–Crippen MR) is 162 cm³/mol. The summed E-state index contributed by atoms with van der Waals surface area (Å²) in [5, 5.41) is 2.88. The Hall–Kier alpha value is -3.12. The second kappa shape index (κ2) is 13.3. The van der Waals surface area contributed by atoms with Crippen LogP contribution in [-0.4, -0.2) is 61.2 Å². The highest BCUT2D eigenvalue weighted by Gasteiger charge is 2.61. The molecular weight excluding hydrogens is 596 g/mol. The number of hydrogen-bond donors (Lipinski definition) is 3. The number of amides is 3. The smallest absolute Gasteiger partial charge is 0.408 e. The lowest BCUT2D eigenvalue weighted by Crippen LogP contribution is -2.53. The lowest BCUT2D eigenvalue weighted by atomic mass is 9.91. The van der Waals surface area contributed by atoms with Crippen molar-refractivity contribution in [1.82, 2.24) is 14.9 Å². The van der Waals surface area contributed by atoms with E-state index in [1.54, 1.807) is 32.9 Å². The van der Waals surface area contributed by atoms with E-state index < -0.39 is 45.3 Å². The van der Waals surface area contributed by atoms with Gasteiger partial charge in [0, 0.05) is 13.0 Å². The lowest BCUT2D eigenvalue weighted by molar-refractivity contribution is -0.140. The molecule has 1 aromatic carbocycles. The van der Waals surface area contributed by atoms with Gasteiger partial charge in [0.1, 0.15) is 11.6 Å². The van der Waals surface area contributed by atoms with Crippen LogP contribution in [0.15, 0.2) is 36.4 Å². The first kappa shape index (κ1) is 32.8. The van der Waals surface area contributed by atoms with Crippen molar-refractivity contribution in [1.29, 1.82) is 0 Å². The number of hydrogen-bond acceptors (Lipinski definition) is 7. The standard InChI is InChI=1S/C30H41ClN4O7S/c1-29(2,3)42-28(39)32-23-15-8-6-4-5-7-12-20-18-30(20,19-25(36)24-16-11-17-35(24)26(23)37)27(38)34-43(40,41)33-22-14-10-9-13-21(22)31/h7,9-10,12-14,20,23-24,33H,4-6,8,11,15-19H2,1-3H3,(H,32,39)(H,34,38)/b12-7-/t20-,23+,24+,30-/m1/s1. The van der Waals surface area contributed by atoms with E-state index in [0.717, 1.165) is 19.3 Å². The molecule has 3 aliphatic rings. The van der Waals surface area contributed by atoms with Crippen molar-refractivity contribution in [3.8, 4) is 0 Å². The SMILES string of the molecule is CC(C)(C)OC(=O)N[C@H]1CCCCC/C=C\[C@@H]2C[C@@]2(C(=O)NS(=O)(=O)Nc2ccccc2Cl)CC(=O)[C@@H]2CCCN2C1=O. The first-order chi connectivity index (χ1) is 20.2. The molecule has 0 aromatic heterocycles. The normalized spacial score (nSPS) is 27.5. The molecule has 0 unspecified atom stereocenters. The summed E-state index contributed by atoms with van der Waals surface area (Å²) >= 11 is 6.08. The average Bonchev–Trinajstić information content (AvgIpc) is 3.36. The molecule has 236 valence electrons. The van der Waals surface area contributed by atoms with E-state index in [1.807, 2.05) is 12.2 Å². The fourth-order valence-corrected chi connectivity index (χ4v) is 7.02. The number of anilines is 1. The number of Topliss-reactive ketones (excluding diaryl/α,β-unsaturated/α-hetero) is 1. The van der Waals surface area contributed by atoms with Gasteiger partial charge in [-0.3, -0.25) is 19.1 Å².